The number of thiophene rings is 1. The van der Waals surface area contributed by atoms with Gasteiger partial charge in [0.1, 0.15) is 5.00 Å². The number of anilines is 1. The van der Waals surface area contributed by atoms with Gasteiger partial charge in [-0.3, -0.25) is 9.59 Å². The second-order valence-electron chi connectivity index (χ2n) is 8.30. The fraction of sp³-hybridized carbons (Fsp3) is 0.619. The summed E-state index contributed by atoms with van der Waals surface area (Å²) in [6.07, 6.45) is 8.38. The first-order valence-corrected chi connectivity index (χ1v) is 11.6. The van der Waals surface area contributed by atoms with Crippen LogP contribution in [0, 0.1) is 23.3 Å². The lowest BCUT2D eigenvalue weighted by molar-refractivity contribution is -0.117. The van der Waals surface area contributed by atoms with Crippen molar-refractivity contribution in [2.75, 3.05) is 18.4 Å². The number of amides is 2. The average Bonchev–Trinajstić information content (AvgIpc) is 3.63. The van der Waals surface area contributed by atoms with Crippen molar-refractivity contribution in [3.05, 3.63) is 16.0 Å². The van der Waals surface area contributed by atoms with E-state index in [-0.39, 0.29) is 23.8 Å². The van der Waals surface area contributed by atoms with Gasteiger partial charge in [0, 0.05) is 29.9 Å². The van der Waals surface area contributed by atoms with E-state index in [1.807, 2.05) is 13.1 Å². The van der Waals surface area contributed by atoms with E-state index in [4.69, 9.17) is 5.26 Å². The molecule has 0 saturated heterocycles. The molecule has 0 radical (unpaired) electrons. The number of aliphatic imine (C=N–C) groups is 1. The van der Waals surface area contributed by atoms with Crippen LogP contribution in [0.25, 0.3) is 0 Å². The number of fused-ring (bicyclic) bond motifs is 1. The molecule has 9 heteroatoms. The van der Waals surface area contributed by atoms with Crippen molar-refractivity contribution in [3.8, 4) is 6.19 Å². The van der Waals surface area contributed by atoms with Gasteiger partial charge in [-0.2, -0.15) is 5.26 Å². The lowest BCUT2D eigenvalue weighted by Crippen LogP contribution is -2.45. The van der Waals surface area contributed by atoms with E-state index in [1.165, 1.54) is 24.2 Å². The smallest absolute Gasteiger partial charge is 0.254 e. The van der Waals surface area contributed by atoms with Crippen LogP contribution in [0.15, 0.2) is 4.99 Å². The first-order valence-electron chi connectivity index (χ1n) is 10.8. The largest absolute Gasteiger partial charge is 0.356 e. The molecule has 2 saturated carbocycles. The molecule has 3 aliphatic carbocycles. The van der Waals surface area contributed by atoms with Crippen LogP contribution in [0.3, 0.4) is 0 Å². The maximum Gasteiger partial charge on any atom is 0.254 e. The minimum absolute atomic E-state index is 0.0232. The maximum atomic E-state index is 13.1. The van der Waals surface area contributed by atoms with Gasteiger partial charge >= 0.3 is 0 Å². The summed E-state index contributed by atoms with van der Waals surface area (Å²) in [5.41, 5.74) is 1.63. The van der Waals surface area contributed by atoms with Gasteiger partial charge in [0.2, 0.25) is 18.1 Å². The predicted molar refractivity (Wildman–Crippen MR) is 116 cm³/mol. The van der Waals surface area contributed by atoms with Gasteiger partial charge < -0.3 is 21.3 Å². The van der Waals surface area contributed by atoms with Gasteiger partial charge in [-0.1, -0.05) is 0 Å². The summed E-state index contributed by atoms with van der Waals surface area (Å²) in [6, 6.07) is 0.0696. The molecular formula is C21H28N6O2S. The third kappa shape index (κ3) is 4.93. The highest BCUT2D eigenvalue weighted by Gasteiger charge is 2.34. The molecule has 1 atom stereocenters. The van der Waals surface area contributed by atoms with Crippen molar-refractivity contribution in [2.45, 2.75) is 57.9 Å². The average molecular weight is 429 g/mol. The Hall–Kier alpha value is -2.60. The molecule has 0 aliphatic heterocycles. The molecule has 160 valence electrons. The molecule has 4 rings (SSSR count). The quantitative estimate of drug-likeness (QED) is 0.301. The summed E-state index contributed by atoms with van der Waals surface area (Å²) in [4.78, 5) is 30.4. The second-order valence-corrected chi connectivity index (χ2v) is 9.40. The van der Waals surface area contributed by atoms with E-state index in [2.05, 4.69) is 26.3 Å². The number of nitrogens with zero attached hydrogens (tertiary/aromatic N) is 2. The standard InChI is InChI=1S/C21H28N6O2S/c1-2-23-21(25-11-22)26-14-7-8-16-15(9-14)17(19(29)24-10-12-3-4-12)20(30-16)27-18(28)13-5-6-13/h12-14H,2-10H2,1H3,(H,24,29)(H,27,28)(H2,23,25,26)/t14-/m0/s1. The summed E-state index contributed by atoms with van der Waals surface area (Å²) in [5.74, 6) is 1.07. The van der Waals surface area contributed by atoms with E-state index in [9.17, 15) is 9.59 Å². The van der Waals surface area contributed by atoms with Gasteiger partial charge in [-0.15, -0.1) is 16.3 Å². The molecule has 3 aliphatic rings. The fourth-order valence-electron chi connectivity index (χ4n) is 3.78. The third-order valence-electron chi connectivity index (χ3n) is 5.77. The lowest BCUT2D eigenvalue weighted by Gasteiger charge is -2.25. The van der Waals surface area contributed by atoms with E-state index < -0.39 is 0 Å². The van der Waals surface area contributed by atoms with E-state index in [0.717, 1.165) is 36.1 Å². The minimum Gasteiger partial charge on any atom is -0.356 e. The Labute approximate surface area is 180 Å². The van der Waals surface area contributed by atoms with Gasteiger partial charge in [-0.05, 0) is 63.4 Å². The number of aryl methyl sites for hydroxylation is 1. The SMILES string of the molecule is CCNC(=NC#N)N[C@H]1CCc2sc(NC(=O)C3CC3)c(C(=O)NCC3CC3)c2C1. The zero-order valence-electron chi connectivity index (χ0n) is 17.2. The second kappa shape index (κ2) is 9.04. The maximum absolute atomic E-state index is 13.1. The molecule has 0 aromatic carbocycles. The Morgan fingerprint density at radius 3 is 2.67 bits per heavy atom. The monoisotopic (exact) mass is 428 g/mol. The Balaban J connectivity index is 1.54. The van der Waals surface area contributed by atoms with Crippen molar-refractivity contribution in [3.63, 3.8) is 0 Å². The van der Waals surface area contributed by atoms with Crippen molar-refractivity contribution in [2.24, 2.45) is 16.8 Å². The van der Waals surface area contributed by atoms with Gasteiger partial charge in [-0.25, -0.2) is 0 Å². The van der Waals surface area contributed by atoms with E-state index in [1.54, 1.807) is 0 Å². The zero-order valence-corrected chi connectivity index (χ0v) is 18.0. The number of rotatable bonds is 7. The van der Waals surface area contributed by atoms with E-state index >= 15 is 0 Å². The molecule has 8 nitrogen and oxygen atoms in total. The Kier molecular flexibility index (Phi) is 6.23. The molecule has 2 fully saturated rings. The number of hydrogen-bond donors (Lipinski definition) is 4. The lowest BCUT2D eigenvalue weighted by atomic mass is 9.91. The number of guanidine groups is 1. The van der Waals surface area contributed by atoms with Crippen LogP contribution in [0.2, 0.25) is 0 Å². The number of carbonyl (C=O) groups is 2. The van der Waals surface area contributed by atoms with Crippen LogP contribution in [0.1, 0.15) is 59.8 Å². The van der Waals surface area contributed by atoms with Crippen LogP contribution >= 0.6 is 11.3 Å². The van der Waals surface area contributed by atoms with Gasteiger partial charge in [0.25, 0.3) is 5.91 Å². The van der Waals surface area contributed by atoms with Crippen LogP contribution in [-0.2, 0) is 17.6 Å². The van der Waals surface area contributed by atoms with Crippen LogP contribution in [0.5, 0.6) is 0 Å². The molecule has 0 bridgehead atoms. The molecule has 0 unspecified atom stereocenters. The van der Waals surface area contributed by atoms with Crippen LogP contribution < -0.4 is 21.3 Å². The number of hydrogen-bond acceptors (Lipinski definition) is 5. The normalized spacial score (nSPS) is 20.7. The van der Waals surface area contributed by atoms with Crippen LogP contribution in [0.4, 0.5) is 5.00 Å². The zero-order chi connectivity index (χ0) is 21.1. The highest BCUT2D eigenvalue weighted by molar-refractivity contribution is 7.17. The Morgan fingerprint density at radius 2 is 2.00 bits per heavy atom. The molecule has 1 aromatic rings. The minimum atomic E-state index is -0.0938. The highest BCUT2D eigenvalue weighted by Crippen LogP contribution is 2.40. The van der Waals surface area contributed by atoms with Gasteiger partial charge in [0.15, 0.2) is 0 Å². The highest BCUT2D eigenvalue weighted by atomic mass is 32.1. The molecule has 0 spiro atoms. The summed E-state index contributed by atoms with van der Waals surface area (Å²) in [6.45, 7) is 3.31. The summed E-state index contributed by atoms with van der Waals surface area (Å²) < 4.78 is 0. The molecule has 4 N–H and O–H groups in total. The molecule has 1 heterocycles. The Morgan fingerprint density at radius 1 is 1.20 bits per heavy atom. The third-order valence-corrected chi connectivity index (χ3v) is 6.98. The first-order chi connectivity index (χ1) is 14.6. The summed E-state index contributed by atoms with van der Waals surface area (Å²) >= 11 is 1.54. The Bertz CT molecular complexity index is 894. The van der Waals surface area contributed by atoms with Crippen molar-refractivity contribution in [1.82, 2.24) is 16.0 Å². The molecular weight excluding hydrogens is 400 g/mol. The molecule has 2 amide bonds. The first kappa shape index (κ1) is 20.7. The summed E-state index contributed by atoms with van der Waals surface area (Å²) in [5, 5.41) is 22.1. The predicted octanol–water partition coefficient (Wildman–Crippen LogP) is 2.13. The van der Waals surface area contributed by atoms with Crippen molar-refractivity contribution >= 4 is 34.1 Å². The van der Waals surface area contributed by atoms with Crippen molar-refractivity contribution < 1.29 is 9.59 Å². The van der Waals surface area contributed by atoms with E-state index in [0.29, 0.717) is 42.0 Å². The fourth-order valence-corrected chi connectivity index (χ4v) is 5.02. The summed E-state index contributed by atoms with van der Waals surface area (Å²) in [7, 11) is 0. The number of nitrogens with one attached hydrogen (secondary N) is 4. The topological polar surface area (TPSA) is 118 Å². The molecule has 1 aromatic heterocycles. The number of carbonyl (C=O) groups excluding carboxylic acids is 2. The van der Waals surface area contributed by atoms with Crippen molar-refractivity contribution in [1.29, 1.82) is 5.26 Å². The molecule has 30 heavy (non-hydrogen) atoms. The number of nitriles is 1. The van der Waals surface area contributed by atoms with Crippen LogP contribution in [-0.4, -0.2) is 36.9 Å². The van der Waals surface area contributed by atoms with Gasteiger partial charge in [0.05, 0.1) is 5.56 Å².